The summed E-state index contributed by atoms with van der Waals surface area (Å²) in [5.41, 5.74) is -0.168. The van der Waals surface area contributed by atoms with E-state index in [1.54, 1.807) is 0 Å². The molecule has 2 heterocycles. The molecule has 0 unspecified atom stereocenters. The Morgan fingerprint density at radius 2 is 1.80 bits per heavy atom. The molecule has 0 aromatic heterocycles. The summed E-state index contributed by atoms with van der Waals surface area (Å²) in [5, 5.41) is 0. The maximum Gasteiger partial charge on any atom is 0.112 e. The topological polar surface area (TPSA) is 18.5 Å². The van der Waals surface area contributed by atoms with Crippen LogP contribution in [0.2, 0.25) is 0 Å². The van der Waals surface area contributed by atoms with Gasteiger partial charge in [-0.25, -0.2) is 0 Å². The van der Waals surface area contributed by atoms with Crippen molar-refractivity contribution in [2.75, 3.05) is 0 Å². The van der Waals surface area contributed by atoms with Crippen LogP contribution in [0.25, 0.3) is 0 Å². The van der Waals surface area contributed by atoms with E-state index in [0.717, 1.165) is 0 Å². The molecule has 0 aromatic rings. The first kappa shape index (κ1) is 11.5. The molecule has 2 nitrogen and oxygen atoms in total. The summed E-state index contributed by atoms with van der Waals surface area (Å²) >= 11 is 0. The van der Waals surface area contributed by atoms with E-state index in [4.69, 9.17) is 17.3 Å². The van der Waals surface area contributed by atoms with Gasteiger partial charge >= 0.3 is 0 Å². The van der Waals surface area contributed by atoms with Crippen LogP contribution in [-0.4, -0.2) is 31.7 Å². The molecular weight excluding hydrogens is 187 g/mol. The first-order chi connectivity index (χ1) is 6.91. The van der Waals surface area contributed by atoms with Gasteiger partial charge in [-0.1, -0.05) is 27.7 Å². The third kappa shape index (κ3) is 1.32. The minimum atomic E-state index is -0.239. The molecule has 3 heteroatoms. The molecule has 0 spiro atoms. The minimum Gasteiger partial charge on any atom is -0.376 e. The molecular formula is C12H21BO2. The summed E-state index contributed by atoms with van der Waals surface area (Å²) in [5.74, 6) is 1.46. The van der Waals surface area contributed by atoms with Crippen molar-refractivity contribution in [3.63, 3.8) is 0 Å². The Kier molecular flexibility index (Phi) is 2.67. The molecule has 6 atom stereocenters. The SMILES string of the molecule is [B][C@@H]1O[C@@]2([C@H](C)C(C)C)[C@H](C)[C@@H]1O[C@@H]2C. The molecule has 0 aliphatic carbocycles. The molecule has 2 bridgehead atoms. The van der Waals surface area contributed by atoms with Gasteiger partial charge in [-0.2, -0.15) is 0 Å². The lowest BCUT2D eigenvalue weighted by Crippen LogP contribution is -2.51. The summed E-state index contributed by atoms with van der Waals surface area (Å²) in [6.07, 6.45) is 0.246. The average molecular weight is 208 g/mol. The second-order valence-electron chi connectivity index (χ2n) is 5.50. The fourth-order valence-corrected chi connectivity index (χ4v) is 3.37. The molecule has 15 heavy (non-hydrogen) atoms. The third-order valence-corrected chi connectivity index (χ3v) is 4.58. The molecule has 84 valence electrons. The largest absolute Gasteiger partial charge is 0.376 e. The summed E-state index contributed by atoms with van der Waals surface area (Å²) < 4.78 is 12.0. The normalized spacial score (nSPS) is 51.3. The van der Waals surface area contributed by atoms with Crippen molar-refractivity contribution in [3.8, 4) is 0 Å². The monoisotopic (exact) mass is 208 g/mol. The van der Waals surface area contributed by atoms with Crippen molar-refractivity contribution in [2.24, 2.45) is 17.8 Å². The molecule has 0 N–H and O–H groups in total. The Balaban J connectivity index is 2.32. The minimum absolute atomic E-state index is 0.0844. The first-order valence-corrected chi connectivity index (χ1v) is 6.00. The number of ether oxygens (including phenoxy) is 2. The summed E-state index contributed by atoms with van der Waals surface area (Å²) in [6, 6.07) is -0.239. The highest BCUT2D eigenvalue weighted by Gasteiger charge is 2.63. The molecule has 2 fully saturated rings. The first-order valence-electron chi connectivity index (χ1n) is 6.00. The van der Waals surface area contributed by atoms with E-state index in [1.807, 2.05) is 0 Å². The van der Waals surface area contributed by atoms with E-state index in [9.17, 15) is 0 Å². The zero-order valence-electron chi connectivity index (χ0n) is 10.4. The molecule has 0 aromatic carbocycles. The van der Waals surface area contributed by atoms with Gasteiger partial charge in [-0.15, -0.1) is 0 Å². The third-order valence-electron chi connectivity index (χ3n) is 4.58. The van der Waals surface area contributed by atoms with Crippen LogP contribution in [-0.2, 0) is 9.47 Å². The molecule has 0 saturated carbocycles. The molecule has 0 amide bonds. The lowest BCUT2D eigenvalue weighted by atomic mass is 9.72. The highest BCUT2D eigenvalue weighted by Crippen LogP contribution is 2.53. The Morgan fingerprint density at radius 3 is 2.20 bits per heavy atom. The Labute approximate surface area is 94.1 Å². The van der Waals surface area contributed by atoms with Gasteiger partial charge in [0.25, 0.3) is 0 Å². The van der Waals surface area contributed by atoms with Gasteiger partial charge in [0.05, 0.1) is 12.2 Å². The second-order valence-corrected chi connectivity index (χ2v) is 5.50. The van der Waals surface area contributed by atoms with Crippen molar-refractivity contribution >= 4 is 7.85 Å². The van der Waals surface area contributed by atoms with E-state index >= 15 is 0 Å². The molecule has 2 radical (unpaired) electrons. The van der Waals surface area contributed by atoms with Crippen molar-refractivity contribution in [1.82, 2.24) is 0 Å². The zero-order valence-corrected chi connectivity index (χ0v) is 10.4. The summed E-state index contributed by atoms with van der Waals surface area (Å²) in [4.78, 5) is 0. The Hall–Kier alpha value is -0.0151. The van der Waals surface area contributed by atoms with Crippen LogP contribution in [0.4, 0.5) is 0 Å². The van der Waals surface area contributed by atoms with Crippen molar-refractivity contribution in [1.29, 1.82) is 0 Å². The Morgan fingerprint density at radius 1 is 1.20 bits per heavy atom. The summed E-state index contributed by atoms with van der Waals surface area (Å²) in [7, 11) is 5.95. The van der Waals surface area contributed by atoms with Crippen LogP contribution in [0.3, 0.4) is 0 Å². The quantitative estimate of drug-likeness (QED) is 0.646. The maximum absolute atomic E-state index is 6.05. The standard InChI is InChI=1S/C12H21BO2/c1-6(2)7(3)12-8(4)10(11(13)15-12)14-9(12)5/h6-11H,1-5H3/t7-,8-,9-,10+,11-,12+/m1/s1. The Bertz CT molecular complexity index is 256. The van der Waals surface area contributed by atoms with Gasteiger partial charge in [-0.3, -0.25) is 0 Å². The highest BCUT2D eigenvalue weighted by atomic mass is 16.6. The fraction of sp³-hybridized carbons (Fsp3) is 1.00. The predicted molar refractivity (Wildman–Crippen MR) is 60.9 cm³/mol. The van der Waals surface area contributed by atoms with E-state index < -0.39 is 0 Å². The van der Waals surface area contributed by atoms with Crippen molar-refractivity contribution in [3.05, 3.63) is 0 Å². The van der Waals surface area contributed by atoms with Crippen molar-refractivity contribution < 1.29 is 9.47 Å². The number of hydrogen-bond acceptors (Lipinski definition) is 2. The van der Waals surface area contributed by atoms with Gasteiger partial charge in [-0.05, 0) is 18.8 Å². The molecule has 2 aliphatic rings. The molecule has 2 aliphatic heterocycles. The molecule has 2 rings (SSSR count). The van der Waals surface area contributed by atoms with Gasteiger partial charge < -0.3 is 9.47 Å². The van der Waals surface area contributed by atoms with E-state index in [1.165, 1.54) is 0 Å². The fourth-order valence-electron chi connectivity index (χ4n) is 3.37. The van der Waals surface area contributed by atoms with Gasteiger partial charge in [0.15, 0.2) is 0 Å². The highest BCUT2D eigenvalue weighted by molar-refractivity contribution is 6.11. The van der Waals surface area contributed by atoms with E-state index in [0.29, 0.717) is 17.8 Å². The van der Waals surface area contributed by atoms with Gasteiger partial charge in [0.1, 0.15) is 13.4 Å². The van der Waals surface area contributed by atoms with E-state index in [-0.39, 0.29) is 23.8 Å². The van der Waals surface area contributed by atoms with Crippen LogP contribution in [0.5, 0.6) is 0 Å². The van der Waals surface area contributed by atoms with Crippen LogP contribution in [0.15, 0.2) is 0 Å². The van der Waals surface area contributed by atoms with Crippen molar-refractivity contribution in [2.45, 2.75) is 58.4 Å². The van der Waals surface area contributed by atoms with Crippen LogP contribution in [0.1, 0.15) is 34.6 Å². The smallest absolute Gasteiger partial charge is 0.112 e. The predicted octanol–water partition coefficient (Wildman–Crippen LogP) is 1.97. The summed E-state index contributed by atoms with van der Waals surface area (Å²) in [6.45, 7) is 11.0. The van der Waals surface area contributed by atoms with Crippen LogP contribution >= 0.6 is 0 Å². The average Bonchev–Trinajstić information content (AvgIpc) is 2.54. The lowest BCUT2D eigenvalue weighted by molar-refractivity contribution is -0.181. The number of rotatable bonds is 2. The molecule has 2 saturated heterocycles. The van der Waals surface area contributed by atoms with Crippen LogP contribution < -0.4 is 0 Å². The van der Waals surface area contributed by atoms with Gasteiger partial charge in [0, 0.05) is 11.9 Å². The van der Waals surface area contributed by atoms with Crippen LogP contribution in [0, 0.1) is 17.8 Å². The number of hydrogen-bond donors (Lipinski definition) is 0. The zero-order chi connectivity index (χ0) is 11.4. The lowest BCUT2D eigenvalue weighted by Gasteiger charge is -2.42. The van der Waals surface area contributed by atoms with Gasteiger partial charge in [0.2, 0.25) is 0 Å². The number of fused-ring (bicyclic) bond motifs is 2. The van der Waals surface area contributed by atoms with E-state index in [2.05, 4.69) is 34.6 Å². The second kappa shape index (κ2) is 3.49. The maximum atomic E-state index is 6.05.